The third-order valence-electron chi connectivity index (χ3n) is 4.44. The van der Waals surface area contributed by atoms with E-state index in [-0.39, 0.29) is 30.3 Å². The van der Waals surface area contributed by atoms with Gasteiger partial charge in [-0.15, -0.1) is 11.3 Å². The van der Waals surface area contributed by atoms with Crippen LogP contribution < -0.4 is 5.32 Å². The summed E-state index contributed by atoms with van der Waals surface area (Å²) in [6, 6.07) is 3.91. The van der Waals surface area contributed by atoms with Gasteiger partial charge in [0.15, 0.2) is 0 Å². The van der Waals surface area contributed by atoms with E-state index in [4.69, 9.17) is 0 Å². The molecule has 0 saturated carbocycles. The average molecular weight is 352 g/mol. The van der Waals surface area contributed by atoms with E-state index in [1.807, 2.05) is 30.2 Å². The van der Waals surface area contributed by atoms with Gasteiger partial charge in [0.1, 0.15) is 0 Å². The molecule has 1 aromatic heterocycles. The molecule has 0 aromatic carbocycles. The van der Waals surface area contributed by atoms with Gasteiger partial charge in [0.05, 0.1) is 12.5 Å². The second-order valence-electron chi connectivity index (χ2n) is 6.60. The molecule has 1 saturated heterocycles. The smallest absolute Gasteiger partial charge is 0.237 e. The monoisotopic (exact) mass is 351 g/mol. The number of carbonyl (C=O) groups is 2. The van der Waals surface area contributed by atoms with Crippen molar-refractivity contribution in [2.24, 2.45) is 0 Å². The lowest BCUT2D eigenvalue weighted by molar-refractivity contribution is -0.140. The Morgan fingerprint density at radius 3 is 2.92 bits per heavy atom. The molecular formula is C18H29N3O2S. The molecule has 2 heterocycles. The molecule has 0 radical (unpaired) electrons. The highest BCUT2D eigenvalue weighted by Gasteiger charge is 2.33. The Morgan fingerprint density at radius 2 is 2.29 bits per heavy atom. The van der Waals surface area contributed by atoms with Crippen molar-refractivity contribution in [1.82, 2.24) is 15.1 Å². The van der Waals surface area contributed by atoms with E-state index in [9.17, 15) is 9.59 Å². The van der Waals surface area contributed by atoms with Crippen molar-refractivity contribution in [2.45, 2.75) is 58.7 Å². The molecule has 1 aromatic rings. The minimum Gasteiger partial charge on any atom is -0.353 e. The molecule has 1 aliphatic heterocycles. The van der Waals surface area contributed by atoms with E-state index in [0.717, 1.165) is 32.5 Å². The average Bonchev–Trinajstić information content (AvgIpc) is 3.04. The Labute approximate surface area is 149 Å². The van der Waals surface area contributed by atoms with Gasteiger partial charge in [-0.25, -0.2) is 0 Å². The van der Waals surface area contributed by atoms with Crippen molar-refractivity contribution in [3.8, 4) is 0 Å². The summed E-state index contributed by atoms with van der Waals surface area (Å²) < 4.78 is 0. The van der Waals surface area contributed by atoms with E-state index in [1.165, 1.54) is 4.88 Å². The van der Waals surface area contributed by atoms with E-state index < -0.39 is 0 Å². The van der Waals surface area contributed by atoms with Crippen LogP contribution in [-0.4, -0.2) is 53.3 Å². The van der Waals surface area contributed by atoms with Gasteiger partial charge in [-0.2, -0.15) is 0 Å². The number of nitrogens with one attached hydrogen (secondary N) is 1. The second-order valence-corrected chi connectivity index (χ2v) is 7.63. The van der Waals surface area contributed by atoms with Crippen LogP contribution in [0.2, 0.25) is 0 Å². The summed E-state index contributed by atoms with van der Waals surface area (Å²) in [5.74, 6) is 0.0574. The summed E-state index contributed by atoms with van der Waals surface area (Å²) in [6.07, 6.45) is 2.32. The van der Waals surface area contributed by atoms with Gasteiger partial charge >= 0.3 is 0 Å². The van der Waals surface area contributed by atoms with Crippen LogP contribution in [-0.2, 0) is 16.1 Å². The number of amides is 2. The fourth-order valence-electron chi connectivity index (χ4n) is 3.06. The molecule has 1 aliphatic rings. The van der Waals surface area contributed by atoms with Crippen molar-refractivity contribution in [2.75, 3.05) is 19.6 Å². The Balaban J connectivity index is 2.04. The second kappa shape index (κ2) is 9.18. The highest BCUT2D eigenvalue weighted by Crippen LogP contribution is 2.18. The summed E-state index contributed by atoms with van der Waals surface area (Å²) in [5, 5.41) is 4.96. The van der Waals surface area contributed by atoms with Crippen molar-refractivity contribution in [3.05, 3.63) is 22.4 Å². The number of carbonyl (C=O) groups excluding carboxylic acids is 2. The Morgan fingerprint density at radius 1 is 1.50 bits per heavy atom. The minimum atomic E-state index is -0.365. The van der Waals surface area contributed by atoms with Gasteiger partial charge in [0, 0.05) is 37.1 Å². The number of nitrogens with zero attached hydrogens (tertiary/aromatic N) is 2. The van der Waals surface area contributed by atoms with Crippen molar-refractivity contribution < 1.29 is 9.59 Å². The van der Waals surface area contributed by atoms with Gasteiger partial charge in [-0.1, -0.05) is 19.4 Å². The topological polar surface area (TPSA) is 52.7 Å². The molecule has 0 aliphatic carbocycles. The van der Waals surface area contributed by atoms with Crippen LogP contribution in [0.4, 0.5) is 0 Å². The maximum absolute atomic E-state index is 12.8. The molecule has 0 bridgehead atoms. The van der Waals surface area contributed by atoms with E-state index in [2.05, 4.69) is 23.2 Å². The molecular weight excluding hydrogens is 322 g/mol. The molecule has 24 heavy (non-hydrogen) atoms. The molecule has 1 atom stereocenters. The van der Waals surface area contributed by atoms with Crippen LogP contribution in [0.1, 0.15) is 44.9 Å². The van der Waals surface area contributed by atoms with Crippen molar-refractivity contribution in [3.63, 3.8) is 0 Å². The van der Waals surface area contributed by atoms with Crippen LogP contribution in [0, 0.1) is 0 Å². The van der Waals surface area contributed by atoms with E-state index in [1.54, 1.807) is 11.3 Å². The van der Waals surface area contributed by atoms with E-state index >= 15 is 0 Å². The quantitative estimate of drug-likeness (QED) is 0.783. The third kappa shape index (κ3) is 5.05. The van der Waals surface area contributed by atoms with Crippen LogP contribution in [0.3, 0.4) is 0 Å². The zero-order chi connectivity index (χ0) is 17.5. The highest BCUT2D eigenvalue weighted by molar-refractivity contribution is 7.09. The van der Waals surface area contributed by atoms with Gasteiger partial charge < -0.3 is 10.2 Å². The summed E-state index contributed by atoms with van der Waals surface area (Å²) in [7, 11) is 0. The number of hydrogen-bond donors (Lipinski definition) is 1. The zero-order valence-corrected chi connectivity index (χ0v) is 15.8. The fraction of sp³-hybridized carbons (Fsp3) is 0.667. The Hall–Kier alpha value is -1.40. The number of thiophene rings is 1. The van der Waals surface area contributed by atoms with Gasteiger partial charge in [-0.3, -0.25) is 14.5 Å². The molecule has 0 unspecified atom stereocenters. The summed E-state index contributed by atoms with van der Waals surface area (Å²) >= 11 is 1.69. The molecule has 2 amide bonds. The van der Waals surface area contributed by atoms with Crippen LogP contribution in [0.5, 0.6) is 0 Å². The predicted octanol–water partition coefficient (Wildman–Crippen LogP) is 2.48. The zero-order valence-electron chi connectivity index (χ0n) is 15.0. The van der Waals surface area contributed by atoms with Crippen molar-refractivity contribution >= 4 is 23.2 Å². The Bertz CT molecular complexity index is 530. The maximum atomic E-state index is 12.8. The SMILES string of the molecule is CCCCN(C(=O)C[C@@H]1C(=O)NCCN1Cc1cccs1)C(C)C. The van der Waals surface area contributed by atoms with E-state index in [0.29, 0.717) is 6.54 Å². The molecule has 2 rings (SSSR count). The number of unbranched alkanes of at least 4 members (excludes halogenated alkanes) is 1. The van der Waals surface area contributed by atoms with Gasteiger partial charge in [0.25, 0.3) is 0 Å². The fourth-order valence-corrected chi connectivity index (χ4v) is 3.79. The lowest BCUT2D eigenvalue weighted by Crippen LogP contribution is -2.56. The predicted molar refractivity (Wildman–Crippen MR) is 97.9 cm³/mol. The molecule has 1 N–H and O–H groups in total. The van der Waals surface area contributed by atoms with Crippen molar-refractivity contribution in [1.29, 1.82) is 0 Å². The highest BCUT2D eigenvalue weighted by atomic mass is 32.1. The van der Waals surface area contributed by atoms with Gasteiger partial charge in [0.2, 0.25) is 11.8 Å². The summed E-state index contributed by atoms with van der Waals surface area (Å²) in [5.41, 5.74) is 0. The van der Waals surface area contributed by atoms with Crippen LogP contribution in [0.15, 0.2) is 17.5 Å². The normalized spacial score (nSPS) is 18.7. The van der Waals surface area contributed by atoms with Crippen LogP contribution in [0.25, 0.3) is 0 Å². The first-order chi connectivity index (χ1) is 11.5. The molecule has 5 nitrogen and oxygen atoms in total. The molecule has 0 spiro atoms. The standard InChI is InChI=1S/C18H29N3O2S/c1-4-5-9-21(14(2)3)17(22)12-16-18(23)19-8-10-20(16)13-15-7-6-11-24-15/h6-7,11,14,16H,4-5,8-10,12-13H2,1-3H3,(H,19,23)/t16-/m1/s1. The number of hydrogen-bond acceptors (Lipinski definition) is 4. The molecule has 134 valence electrons. The first kappa shape index (κ1) is 18.9. The lowest BCUT2D eigenvalue weighted by atomic mass is 10.1. The lowest BCUT2D eigenvalue weighted by Gasteiger charge is -2.36. The van der Waals surface area contributed by atoms with Gasteiger partial charge in [-0.05, 0) is 31.7 Å². The summed E-state index contributed by atoms with van der Waals surface area (Å²) in [4.78, 5) is 30.4. The van der Waals surface area contributed by atoms with Crippen LogP contribution >= 0.6 is 11.3 Å². The molecule has 6 heteroatoms. The maximum Gasteiger partial charge on any atom is 0.237 e. The summed E-state index contributed by atoms with van der Waals surface area (Å²) in [6.45, 7) is 9.15. The largest absolute Gasteiger partial charge is 0.353 e. The first-order valence-electron chi connectivity index (χ1n) is 8.86. The first-order valence-corrected chi connectivity index (χ1v) is 9.74. The third-order valence-corrected chi connectivity index (χ3v) is 5.31. The Kier molecular flexibility index (Phi) is 7.24. The number of piperazine rings is 1. The molecule has 1 fully saturated rings. The minimum absolute atomic E-state index is 0.0228. The number of rotatable bonds is 8.